The molecule has 2 aromatic carbocycles. The monoisotopic (exact) mass is 412 g/mol. The van der Waals surface area contributed by atoms with Gasteiger partial charge in [-0.05, 0) is 67.5 Å². The number of carbonyl (C=O) groups is 1. The van der Waals surface area contributed by atoms with E-state index in [1.807, 2.05) is 12.1 Å². The van der Waals surface area contributed by atoms with E-state index in [2.05, 4.69) is 53.5 Å². The topological polar surface area (TPSA) is 32.3 Å². The highest BCUT2D eigenvalue weighted by molar-refractivity contribution is 5.94. The first-order valence-corrected chi connectivity index (χ1v) is 10.9. The van der Waals surface area contributed by atoms with Crippen molar-refractivity contribution in [2.75, 3.05) is 26.2 Å². The average Bonchev–Trinajstić information content (AvgIpc) is 3.19. The van der Waals surface area contributed by atoms with Crippen molar-refractivity contribution in [2.45, 2.75) is 45.4 Å². The van der Waals surface area contributed by atoms with E-state index in [1.54, 1.807) is 0 Å². The molecule has 2 aromatic rings. The molecule has 1 N–H and O–H groups in total. The predicted octanol–water partition coefficient (Wildman–Crippen LogP) is 5.33. The Hall–Kier alpha value is -1.84. The van der Waals surface area contributed by atoms with Crippen LogP contribution in [0.5, 0.6) is 0 Å². The maximum atomic E-state index is 13.0. The number of rotatable bonds is 5. The van der Waals surface area contributed by atoms with E-state index < -0.39 is 0 Å². The highest BCUT2D eigenvalue weighted by Crippen LogP contribution is 2.36. The first-order valence-electron chi connectivity index (χ1n) is 10.9. The minimum Gasteiger partial charge on any atom is -0.338 e. The molecule has 2 aliphatic heterocycles. The third-order valence-corrected chi connectivity index (χ3v) is 6.52. The van der Waals surface area contributed by atoms with Crippen LogP contribution in [0, 0.1) is 5.41 Å². The Bertz CT molecular complexity index is 795. The molecule has 3 nitrogen and oxygen atoms in total. The van der Waals surface area contributed by atoms with E-state index in [-0.39, 0.29) is 18.3 Å². The van der Waals surface area contributed by atoms with E-state index in [9.17, 15) is 4.79 Å². The summed E-state index contributed by atoms with van der Waals surface area (Å²) in [6.07, 6.45) is 7.18. The second kappa shape index (κ2) is 9.77. The lowest BCUT2D eigenvalue weighted by Crippen LogP contribution is -2.47. The van der Waals surface area contributed by atoms with Crippen molar-refractivity contribution in [3.8, 4) is 11.1 Å². The summed E-state index contributed by atoms with van der Waals surface area (Å²) >= 11 is 0. The average molecular weight is 413 g/mol. The van der Waals surface area contributed by atoms with Crippen molar-refractivity contribution in [3.05, 3.63) is 59.7 Å². The van der Waals surface area contributed by atoms with E-state index in [0.717, 1.165) is 44.6 Å². The molecule has 2 heterocycles. The number of carbonyl (C=O) groups excluding carboxylic acids is 1. The molecule has 0 bridgehead atoms. The Labute approximate surface area is 181 Å². The summed E-state index contributed by atoms with van der Waals surface area (Å²) in [5.74, 6) is 0.187. The summed E-state index contributed by atoms with van der Waals surface area (Å²) in [7, 11) is 0. The smallest absolute Gasteiger partial charge is 0.253 e. The maximum absolute atomic E-state index is 13.0. The van der Waals surface area contributed by atoms with Crippen LogP contribution in [-0.2, 0) is 6.42 Å². The first-order chi connectivity index (χ1) is 13.7. The Kier molecular flexibility index (Phi) is 7.37. The summed E-state index contributed by atoms with van der Waals surface area (Å²) in [6, 6.07) is 17.0. The van der Waals surface area contributed by atoms with Crippen LogP contribution in [0.3, 0.4) is 0 Å². The Morgan fingerprint density at radius 1 is 1.03 bits per heavy atom. The molecule has 4 rings (SSSR count). The van der Waals surface area contributed by atoms with Crippen LogP contribution >= 0.6 is 12.4 Å². The number of aryl methyl sites for hydroxylation is 1. The van der Waals surface area contributed by atoms with Crippen LogP contribution in [0.4, 0.5) is 0 Å². The standard InChI is InChI=1S/C25H32N2O.ClH/c1-2-3-5-20-6-8-21(9-7-20)22-10-12-23(13-11-22)24(28)27-17-4-14-25(19-27)15-16-26-18-25;/h6-13,26H,2-5,14-19H2,1H3;1H. The lowest BCUT2D eigenvalue weighted by Gasteiger charge is -2.40. The number of unbranched alkanes of at least 4 members (excludes halogenated alkanes) is 1. The van der Waals surface area contributed by atoms with E-state index in [0.29, 0.717) is 5.41 Å². The van der Waals surface area contributed by atoms with E-state index in [4.69, 9.17) is 0 Å². The van der Waals surface area contributed by atoms with Crippen molar-refractivity contribution in [1.29, 1.82) is 0 Å². The Morgan fingerprint density at radius 3 is 2.34 bits per heavy atom. The van der Waals surface area contributed by atoms with Gasteiger partial charge in [-0.3, -0.25) is 4.79 Å². The molecule has 1 spiro atoms. The van der Waals surface area contributed by atoms with Crippen LogP contribution in [0.15, 0.2) is 48.5 Å². The minimum atomic E-state index is 0. The summed E-state index contributed by atoms with van der Waals surface area (Å²) in [5, 5.41) is 3.48. The third kappa shape index (κ3) is 5.02. The molecule has 0 saturated carbocycles. The van der Waals surface area contributed by atoms with Crippen LogP contribution in [0.1, 0.15) is 54.9 Å². The van der Waals surface area contributed by atoms with Gasteiger partial charge in [0.1, 0.15) is 0 Å². The van der Waals surface area contributed by atoms with Crippen molar-refractivity contribution in [1.82, 2.24) is 10.2 Å². The number of likely N-dealkylation sites (tertiary alicyclic amines) is 1. The molecule has 1 atom stereocenters. The molecule has 0 aliphatic carbocycles. The molecule has 156 valence electrons. The fraction of sp³-hybridized carbons (Fsp3) is 0.480. The van der Waals surface area contributed by atoms with E-state index in [1.165, 1.54) is 42.4 Å². The number of nitrogens with zero attached hydrogens (tertiary/aromatic N) is 1. The number of hydrogen-bond acceptors (Lipinski definition) is 2. The van der Waals surface area contributed by atoms with Gasteiger partial charge >= 0.3 is 0 Å². The second-order valence-electron chi connectivity index (χ2n) is 8.63. The highest BCUT2D eigenvalue weighted by Gasteiger charge is 2.39. The molecule has 1 amide bonds. The SMILES string of the molecule is CCCCc1ccc(-c2ccc(C(=O)N3CCCC4(CCNC4)C3)cc2)cc1.Cl. The van der Waals surface area contributed by atoms with Crippen molar-refractivity contribution < 1.29 is 4.79 Å². The second-order valence-corrected chi connectivity index (χ2v) is 8.63. The van der Waals surface area contributed by atoms with Gasteiger partial charge in [-0.25, -0.2) is 0 Å². The minimum absolute atomic E-state index is 0. The molecule has 29 heavy (non-hydrogen) atoms. The summed E-state index contributed by atoms with van der Waals surface area (Å²) in [4.78, 5) is 15.1. The van der Waals surface area contributed by atoms with Gasteiger partial charge in [0.05, 0.1) is 0 Å². The number of amides is 1. The molecule has 1 unspecified atom stereocenters. The zero-order chi connectivity index (χ0) is 19.4. The van der Waals surface area contributed by atoms with Gasteiger partial charge in [-0.15, -0.1) is 12.4 Å². The fourth-order valence-electron chi connectivity index (χ4n) is 4.76. The van der Waals surface area contributed by atoms with Gasteiger partial charge in [-0.1, -0.05) is 49.7 Å². The summed E-state index contributed by atoms with van der Waals surface area (Å²) in [5.41, 5.74) is 4.92. The summed E-state index contributed by atoms with van der Waals surface area (Å²) in [6.45, 7) is 6.17. The lowest BCUT2D eigenvalue weighted by molar-refractivity contribution is 0.0553. The van der Waals surface area contributed by atoms with Gasteiger partial charge < -0.3 is 10.2 Å². The molecular weight excluding hydrogens is 380 g/mol. The number of halogens is 1. The van der Waals surface area contributed by atoms with Gasteiger partial charge in [-0.2, -0.15) is 0 Å². The van der Waals surface area contributed by atoms with Crippen LogP contribution in [0.25, 0.3) is 11.1 Å². The zero-order valence-corrected chi connectivity index (χ0v) is 18.3. The molecular formula is C25H33ClN2O. The zero-order valence-electron chi connectivity index (χ0n) is 17.5. The van der Waals surface area contributed by atoms with Gasteiger partial charge in [0.2, 0.25) is 0 Å². The number of hydrogen-bond donors (Lipinski definition) is 1. The molecule has 4 heteroatoms. The lowest BCUT2D eigenvalue weighted by atomic mass is 9.79. The van der Waals surface area contributed by atoms with Gasteiger partial charge in [0.25, 0.3) is 5.91 Å². The van der Waals surface area contributed by atoms with Gasteiger partial charge in [0.15, 0.2) is 0 Å². The molecule has 0 radical (unpaired) electrons. The molecule has 2 fully saturated rings. The predicted molar refractivity (Wildman–Crippen MR) is 123 cm³/mol. The van der Waals surface area contributed by atoms with Gasteiger partial charge in [0, 0.05) is 30.6 Å². The number of nitrogens with one attached hydrogen (secondary N) is 1. The first kappa shape index (κ1) is 21.9. The molecule has 0 aromatic heterocycles. The quantitative estimate of drug-likeness (QED) is 0.719. The van der Waals surface area contributed by atoms with Crippen molar-refractivity contribution in [3.63, 3.8) is 0 Å². The Balaban J connectivity index is 0.00000240. The maximum Gasteiger partial charge on any atom is 0.253 e. The normalized spacial score (nSPS) is 21.2. The highest BCUT2D eigenvalue weighted by atomic mass is 35.5. The number of benzene rings is 2. The molecule has 2 saturated heterocycles. The fourth-order valence-corrected chi connectivity index (χ4v) is 4.76. The van der Waals surface area contributed by atoms with Crippen LogP contribution in [-0.4, -0.2) is 37.0 Å². The molecule has 2 aliphatic rings. The van der Waals surface area contributed by atoms with Crippen molar-refractivity contribution in [2.24, 2.45) is 5.41 Å². The van der Waals surface area contributed by atoms with Crippen LogP contribution < -0.4 is 5.32 Å². The third-order valence-electron chi connectivity index (χ3n) is 6.52. The largest absolute Gasteiger partial charge is 0.338 e. The van der Waals surface area contributed by atoms with Crippen LogP contribution in [0.2, 0.25) is 0 Å². The van der Waals surface area contributed by atoms with Crippen molar-refractivity contribution >= 4 is 18.3 Å². The summed E-state index contributed by atoms with van der Waals surface area (Å²) < 4.78 is 0. The Morgan fingerprint density at radius 2 is 1.72 bits per heavy atom. The van der Waals surface area contributed by atoms with E-state index >= 15 is 0 Å². The number of piperidine rings is 1.